The molecule has 0 saturated heterocycles. The van der Waals surface area contributed by atoms with Crippen molar-refractivity contribution < 1.29 is 0 Å². The molecule has 0 unspecified atom stereocenters. The van der Waals surface area contributed by atoms with Crippen molar-refractivity contribution in [3.05, 3.63) is 231 Å². The molecule has 11 aromatic carbocycles. The highest BCUT2D eigenvalue weighted by atomic mass is 32.1. The third-order valence-electron chi connectivity index (χ3n) is 13.6. The molecule has 0 amide bonds. The first kappa shape index (κ1) is 38.5. The van der Waals surface area contributed by atoms with Crippen LogP contribution in [0.4, 0.5) is 0 Å². The number of rotatable bonds is 6. The Bertz CT molecular complexity index is 4210. The van der Waals surface area contributed by atoms with E-state index in [4.69, 9.17) is 15.0 Å². The van der Waals surface area contributed by atoms with Gasteiger partial charge in [0.2, 0.25) is 0 Å². The standard InChI is InChI=1S/C63H38N4S/c1-3-15-39(16-4-1)40-27-29-41(30-28-40)52-38-55(63-65-61(42-17-5-2-6-18-42)64-62(66-63)47-31-32-50-49-24-13-14-26-58(49)68-59(50)37-47)48-23-11-12-25-51(48)60(52)67-56-35-45-21-9-7-19-43(45)33-53(56)54-34-44-20-8-10-22-46(44)36-57(54)67/h1-38H. The average molecular weight is 883 g/mol. The molecule has 0 aliphatic heterocycles. The van der Waals surface area contributed by atoms with E-state index < -0.39 is 0 Å². The van der Waals surface area contributed by atoms with Crippen molar-refractivity contribution in [2.75, 3.05) is 0 Å². The Balaban J connectivity index is 1.08. The van der Waals surface area contributed by atoms with Crippen molar-refractivity contribution in [3.8, 4) is 62.1 Å². The Hall–Kier alpha value is -8.77. The van der Waals surface area contributed by atoms with E-state index in [0.29, 0.717) is 17.5 Å². The van der Waals surface area contributed by atoms with Crippen LogP contribution in [0, 0.1) is 0 Å². The highest BCUT2D eigenvalue weighted by Gasteiger charge is 2.24. The zero-order chi connectivity index (χ0) is 44.7. The molecule has 0 radical (unpaired) electrons. The number of hydrogen-bond donors (Lipinski definition) is 0. The fourth-order valence-corrected chi connectivity index (χ4v) is 11.5. The molecule has 5 heteroatoms. The maximum atomic E-state index is 5.44. The van der Waals surface area contributed by atoms with E-state index in [2.05, 4.69) is 217 Å². The molecular weight excluding hydrogens is 845 g/mol. The summed E-state index contributed by atoms with van der Waals surface area (Å²) in [5.41, 5.74) is 10.7. The Morgan fingerprint density at radius 3 is 1.41 bits per heavy atom. The van der Waals surface area contributed by atoms with Crippen LogP contribution in [0.25, 0.3) is 136 Å². The predicted molar refractivity (Wildman–Crippen MR) is 287 cm³/mol. The van der Waals surface area contributed by atoms with Crippen molar-refractivity contribution in [2.24, 2.45) is 0 Å². The highest BCUT2D eigenvalue weighted by molar-refractivity contribution is 7.25. The van der Waals surface area contributed by atoms with Gasteiger partial charge in [-0.05, 0) is 86.1 Å². The first-order valence-corrected chi connectivity index (χ1v) is 23.8. The topological polar surface area (TPSA) is 43.6 Å². The summed E-state index contributed by atoms with van der Waals surface area (Å²) in [4.78, 5) is 16.0. The lowest BCUT2D eigenvalue weighted by molar-refractivity contribution is 1.08. The van der Waals surface area contributed by atoms with E-state index in [1.807, 2.05) is 18.2 Å². The first-order chi connectivity index (χ1) is 33.7. The molecule has 0 spiro atoms. The first-order valence-electron chi connectivity index (χ1n) is 23.0. The van der Waals surface area contributed by atoms with Crippen LogP contribution in [0.5, 0.6) is 0 Å². The van der Waals surface area contributed by atoms with Gasteiger partial charge in [0.1, 0.15) is 0 Å². The van der Waals surface area contributed by atoms with Gasteiger partial charge in [-0.25, -0.2) is 15.0 Å². The van der Waals surface area contributed by atoms with Gasteiger partial charge < -0.3 is 4.57 Å². The van der Waals surface area contributed by atoms with E-state index in [1.165, 1.54) is 58.1 Å². The zero-order valence-electron chi connectivity index (χ0n) is 36.6. The van der Waals surface area contributed by atoms with Gasteiger partial charge in [0.05, 0.1) is 16.7 Å². The molecule has 0 aliphatic carbocycles. The van der Waals surface area contributed by atoms with Crippen molar-refractivity contribution >= 4 is 85.6 Å². The van der Waals surface area contributed by atoms with Crippen LogP contribution in [0.1, 0.15) is 0 Å². The van der Waals surface area contributed by atoms with Crippen LogP contribution >= 0.6 is 11.3 Å². The molecule has 316 valence electrons. The highest BCUT2D eigenvalue weighted by Crippen LogP contribution is 2.46. The largest absolute Gasteiger partial charge is 0.308 e. The van der Waals surface area contributed by atoms with Crippen LogP contribution in [-0.4, -0.2) is 19.5 Å². The van der Waals surface area contributed by atoms with Gasteiger partial charge in [-0.1, -0.05) is 188 Å². The SMILES string of the molecule is c1ccc(-c2ccc(-c3cc(-c4nc(-c5ccccc5)nc(-c5ccc6c(c5)sc5ccccc56)n4)c4ccccc4c3-n3c4cc5ccccc5cc4c4cc5ccccc5cc43)cc2)cc1. The van der Waals surface area contributed by atoms with E-state index in [1.54, 1.807) is 11.3 Å². The fourth-order valence-electron chi connectivity index (χ4n) is 10.3. The fraction of sp³-hybridized carbons (Fsp3) is 0. The maximum Gasteiger partial charge on any atom is 0.164 e. The molecule has 68 heavy (non-hydrogen) atoms. The molecule has 14 aromatic rings. The number of aromatic nitrogens is 4. The van der Waals surface area contributed by atoms with Gasteiger partial charge in [-0.15, -0.1) is 11.3 Å². The summed E-state index contributed by atoms with van der Waals surface area (Å²) in [6.45, 7) is 0. The van der Waals surface area contributed by atoms with Gasteiger partial charge in [0.25, 0.3) is 0 Å². The maximum absolute atomic E-state index is 5.44. The lowest BCUT2D eigenvalue weighted by atomic mass is 9.92. The van der Waals surface area contributed by atoms with E-state index >= 15 is 0 Å². The molecular formula is C63H38N4S. The molecule has 14 rings (SSSR count). The molecule has 3 heterocycles. The van der Waals surface area contributed by atoms with Gasteiger partial charge in [0, 0.05) is 58.6 Å². The van der Waals surface area contributed by atoms with Crippen LogP contribution in [0.2, 0.25) is 0 Å². The van der Waals surface area contributed by atoms with E-state index in [-0.39, 0.29) is 0 Å². The molecule has 4 nitrogen and oxygen atoms in total. The summed E-state index contributed by atoms with van der Waals surface area (Å²) >= 11 is 1.80. The Morgan fingerprint density at radius 1 is 0.279 bits per heavy atom. The van der Waals surface area contributed by atoms with Gasteiger partial charge >= 0.3 is 0 Å². The monoisotopic (exact) mass is 882 g/mol. The normalized spacial score (nSPS) is 11.8. The Labute approximate surface area is 395 Å². The Kier molecular flexibility index (Phi) is 8.73. The molecule has 0 N–H and O–H groups in total. The number of benzene rings is 11. The predicted octanol–water partition coefficient (Wildman–Crippen LogP) is 17.1. The van der Waals surface area contributed by atoms with Crippen molar-refractivity contribution in [3.63, 3.8) is 0 Å². The third-order valence-corrected chi connectivity index (χ3v) is 14.7. The Morgan fingerprint density at radius 2 is 0.750 bits per heavy atom. The second kappa shape index (κ2) is 15.4. The average Bonchev–Trinajstić information content (AvgIpc) is 3.93. The number of thiophene rings is 1. The number of nitrogens with zero attached hydrogens (tertiary/aromatic N) is 4. The summed E-state index contributed by atoms with van der Waals surface area (Å²) in [5.74, 6) is 1.89. The smallest absolute Gasteiger partial charge is 0.164 e. The molecule has 3 aromatic heterocycles. The summed E-state index contributed by atoms with van der Waals surface area (Å²) in [5, 5.41) is 11.9. The third kappa shape index (κ3) is 6.24. The van der Waals surface area contributed by atoms with Crippen molar-refractivity contribution in [1.82, 2.24) is 19.5 Å². The van der Waals surface area contributed by atoms with Crippen molar-refractivity contribution in [2.45, 2.75) is 0 Å². The minimum atomic E-state index is 0.620. The minimum absolute atomic E-state index is 0.620. The zero-order valence-corrected chi connectivity index (χ0v) is 37.5. The van der Waals surface area contributed by atoms with Crippen LogP contribution in [0.15, 0.2) is 231 Å². The van der Waals surface area contributed by atoms with Crippen LogP contribution < -0.4 is 0 Å². The molecule has 0 bridgehead atoms. The minimum Gasteiger partial charge on any atom is -0.308 e. The van der Waals surface area contributed by atoms with Gasteiger partial charge in [-0.2, -0.15) is 0 Å². The lowest BCUT2D eigenvalue weighted by Gasteiger charge is -2.20. The van der Waals surface area contributed by atoms with Gasteiger partial charge in [-0.3, -0.25) is 0 Å². The lowest BCUT2D eigenvalue weighted by Crippen LogP contribution is -2.03. The quantitative estimate of drug-likeness (QED) is 0.167. The van der Waals surface area contributed by atoms with Crippen LogP contribution in [0.3, 0.4) is 0 Å². The van der Waals surface area contributed by atoms with Crippen LogP contribution in [-0.2, 0) is 0 Å². The summed E-state index contributed by atoms with van der Waals surface area (Å²) in [7, 11) is 0. The van der Waals surface area contributed by atoms with E-state index in [0.717, 1.165) is 60.9 Å². The van der Waals surface area contributed by atoms with Crippen molar-refractivity contribution in [1.29, 1.82) is 0 Å². The molecule has 0 fully saturated rings. The molecule has 0 aliphatic rings. The number of hydrogen-bond acceptors (Lipinski definition) is 4. The second-order valence-electron chi connectivity index (χ2n) is 17.6. The number of fused-ring (bicyclic) bond motifs is 9. The van der Waals surface area contributed by atoms with Gasteiger partial charge in [0.15, 0.2) is 17.5 Å². The molecule has 0 saturated carbocycles. The van der Waals surface area contributed by atoms with E-state index in [9.17, 15) is 0 Å². The summed E-state index contributed by atoms with van der Waals surface area (Å²) in [6.07, 6.45) is 0. The second-order valence-corrected chi connectivity index (χ2v) is 18.6. The molecule has 0 atom stereocenters. The summed E-state index contributed by atoms with van der Waals surface area (Å²) in [6, 6.07) is 83.1. The summed E-state index contributed by atoms with van der Waals surface area (Å²) < 4.78 is 4.99.